The number of rotatable bonds is 5. The van der Waals surface area contributed by atoms with Crippen LogP contribution < -0.4 is 5.32 Å². The molecule has 2 aliphatic rings. The third-order valence-corrected chi connectivity index (χ3v) is 4.49. The molecule has 3 rings (SSSR count). The van der Waals surface area contributed by atoms with Gasteiger partial charge in [-0.3, -0.25) is 9.98 Å². The fourth-order valence-corrected chi connectivity index (χ4v) is 3.25. The van der Waals surface area contributed by atoms with E-state index in [1.54, 1.807) is 6.20 Å². The molecule has 2 aliphatic heterocycles. The molecule has 0 spiro atoms. The van der Waals surface area contributed by atoms with Crippen LogP contribution in [0.2, 0.25) is 0 Å². The maximum absolute atomic E-state index is 5.94. The molecule has 132 valence electrons. The molecule has 0 bridgehead atoms. The molecule has 1 aromatic rings. The van der Waals surface area contributed by atoms with E-state index >= 15 is 0 Å². The van der Waals surface area contributed by atoms with E-state index in [1.165, 1.54) is 5.56 Å². The van der Waals surface area contributed by atoms with Crippen molar-refractivity contribution >= 4 is 5.96 Å². The zero-order chi connectivity index (χ0) is 16.6. The first-order valence-corrected chi connectivity index (χ1v) is 9.02. The van der Waals surface area contributed by atoms with Crippen molar-refractivity contribution in [3.8, 4) is 0 Å². The largest absolute Gasteiger partial charge is 0.375 e. The van der Waals surface area contributed by atoms with Crippen molar-refractivity contribution in [1.29, 1.82) is 0 Å². The monoisotopic (exact) mass is 332 g/mol. The zero-order valence-electron chi connectivity index (χ0n) is 14.5. The molecule has 0 aliphatic carbocycles. The van der Waals surface area contributed by atoms with Crippen LogP contribution in [0.1, 0.15) is 25.3 Å². The Balaban J connectivity index is 1.57. The summed E-state index contributed by atoms with van der Waals surface area (Å²) in [5.74, 6) is 0.979. The fraction of sp³-hybridized carbons (Fsp3) is 0.667. The Labute approximate surface area is 144 Å². The molecule has 1 N–H and O–H groups in total. The number of aromatic nitrogens is 1. The third kappa shape index (κ3) is 4.68. The first-order chi connectivity index (χ1) is 11.9. The van der Waals surface area contributed by atoms with Gasteiger partial charge in [0, 0.05) is 45.2 Å². The highest BCUT2D eigenvalue weighted by atomic mass is 16.5. The van der Waals surface area contributed by atoms with Gasteiger partial charge in [0.1, 0.15) is 6.10 Å². The standard InChI is InChI=1S/C18H28N4O2/c1-2-20-18(21-9-7-15-5-3-8-19-13-15)22-10-12-24-17(14-22)16-6-4-11-23-16/h3,5,8,13,16-17H,2,4,6-7,9-12,14H2,1H3,(H,20,21). The third-order valence-electron chi connectivity index (χ3n) is 4.49. The number of hydrogen-bond acceptors (Lipinski definition) is 4. The molecular weight excluding hydrogens is 304 g/mol. The highest BCUT2D eigenvalue weighted by molar-refractivity contribution is 5.80. The van der Waals surface area contributed by atoms with E-state index in [0.29, 0.717) is 0 Å². The maximum Gasteiger partial charge on any atom is 0.194 e. The van der Waals surface area contributed by atoms with E-state index in [0.717, 1.165) is 64.6 Å². The number of nitrogens with one attached hydrogen (secondary N) is 1. The normalized spacial score (nSPS) is 25.0. The Bertz CT molecular complexity index is 517. The molecular formula is C18H28N4O2. The van der Waals surface area contributed by atoms with Crippen molar-refractivity contribution in [2.45, 2.75) is 38.4 Å². The van der Waals surface area contributed by atoms with E-state index in [4.69, 9.17) is 14.5 Å². The second-order valence-electron chi connectivity index (χ2n) is 6.25. The van der Waals surface area contributed by atoms with Crippen molar-refractivity contribution < 1.29 is 9.47 Å². The number of morpholine rings is 1. The van der Waals surface area contributed by atoms with Gasteiger partial charge < -0.3 is 19.7 Å². The molecule has 2 saturated heterocycles. The van der Waals surface area contributed by atoms with Crippen molar-refractivity contribution in [3.05, 3.63) is 30.1 Å². The Kier molecular flexibility index (Phi) is 6.43. The number of hydrogen-bond donors (Lipinski definition) is 1. The molecule has 1 aromatic heterocycles. The first kappa shape index (κ1) is 17.2. The molecule has 2 fully saturated rings. The smallest absolute Gasteiger partial charge is 0.194 e. The maximum atomic E-state index is 5.94. The predicted octanol–water partition coefficient (Wildman–Crippen LogP) is 1.47. The Morgan fingerprint density at radius 1 is 1.38 bits per heavy atom. The predicted molar refractivity (Wildman–Crippen MR) is 94.2 cm³/mol. The summed E-state index contributed by atoms with van der Waals surface area (Å²) in [6.45, 7) is 7.06. The number of nitrogens with zero attached hydrogens (tertiary/aromatic N) is 3. The molecule has 24 heavy (non-hydrogen) atoms. The van der Waals surface area contributed by atoms with E-state index in [1.807, 2.05) is 12.3 Å². The number of ether oxygens (including phenoxy) is 2. The van der Waals surface area contributed by atoms with E-state index in [2.05, 4.69) is 28.2 Å². The minimum absolute atomic E-state index is 0.156. The van der Waals surface area contributed by atoms with Crippen LogP contribution in [0.5, 0.6) is 0 Å². The fourth-order valence-electron chi connectivity index (χ4n) is 3.25. The molecule has 3 heterocycles. The molecule has 0 amide bonds. The SMILES string of the molecule is CCNC(=NCCc1cccnc1)N1CCOC(C2CCCO2)C1. The van der Waals surface area contributed by atoms with Gasteiger partial charge in [0.15, 0.2) is 5.96 Å². The summed E-state index contributed by atoms with van der Waals surface area (Å²) in [5, 5.41) is 3.41. The van der Waals surface area contributed by atoms with Crippen LogP contribution in [0, 0.1) is 0 Å². The molecule has 0 radical (unpaired) electrons. The van der Waals surface area contributed by atoms with Crippen LogP contribution in [0.15, 0.2) is 29.5 Å². The van der Waals surface area contributed by atoms with Crippen LogP contribution in [0.4, 0.5) is 0 Å². The molecule has 0 saturated carbocycles. The lowest BCUT2D eigenvalue weighted by Crippen LogP contribution is -2.53. The average Bonchev–Trinajstić information content (AvgIpc) is 3.17. The summed E-state index contributed by atoms with van der Waals surface area (Å²) in [5.41, 5.74) is 1.22. The van der Waals surface area contributed by atoms with Gasteiger partial charge in [0.2, 0.25) is 0 Å². The second-order valence-corrected chi connectivity index (χ2v) is 6.25. The van der Waals surface area contributed by atoms with Gasteiger partial charge in [-0.25, -0.2) is 0 Å². The van der Waals surface area contributed by atoms with Gasteiger partial charge in [0.05, 0.1) is 12.7 Å². The van der Waals surface area contributed by atoms with Crippen molar-refractivity contribution in [3.63, 3.8) is 0 Å². The van der Waals surface area contributed by atoms with Crippen molar-refractivity contribution in [1.82, 2.24) is 15.2 Å². The lowest BCUT2D eigenvalue weighted by molar-refractivity contribution is -0.0817. The first-order valence-electron chi connectivity index (χ1n) is 9.02. The van der Waals surface area contributed by atoms with E-state index in [-0.39, 0.29) is 12.2 Å². The average molecular weight is 332 g/mol. The Morgan fingerprint density at radius 2 is 2.29 bits per heavy atom. The van der Waals surface area contributed by atoms with Gasteiger partial charge in [0.25, 0.3) is 0 Å². The highest BCUT2D eigenvalue weighted by Gasteiger charge is 2.32. The van der Waals surface area contributed by atoms with Crippen LogP contribution in [-0.4, -0.2) is 67.4 Å². The highest BCUT2D eigenvalue weighted by Crippen LogP contribution is 2.21. The molecule has 6 nitrogen and oxygen atoms in total. The van der Waals surface area contributed by atoms with Crippen LogP contribution >= 0.6 is 0 Å². The van der Waals surface area contributed by atoms with Gasteiger partial charge >= 0.3 is 0 Å². The summed E-state index contributed by atoms with van der Waals surface area (Å²) in [4.78, 5) is 11.3. The van der Waals surface area contributed by atoms with Crippen molar-refractivity contribution in [2.75, 3.05) is 39.4 Å². The molecule has 2 atom stereocenters. The van der Waals surface area contributed by atoms with Gasteiger partial charge in [-0.15, -0.1) is 0 Å². The van der Waals surface area contributed by atoms with Gasteiger partial charge in [-0.05, 0) is 37.8 Å². The van der Waals surface area contributed by atoms with Crippen LogP contribution in [-0.2, 0) is 15.9 Å². The van der Waals surface area contributed by atoms with Crippen LogP contribution in [0.25, 0.3) is 0 Å². The van der Waals surface area contributed by atoms with E-state index < -0.39 is 0 Å². The number of aliphatic imine (C=N–C) groups is 1. The lowest BCUT2D eigenvalue weighted by Gasteiger charge is -2.37. The quantitative estimate of drug-likeness (QED) is 0.654. The Hall–Kier alpha value is -1.66. The molecule has 6 heteroatoms. The molecule has 2 unspecified atom stereocenters. The lowest BCUT2D eigenvalue weighted by atomic mass is 10.1. The summed E-state index contributed by atoms with van der Waals surface area (Å²) < 4.78 is 11.7. The summed E-state index contributed by atoms with van der Waals surface area (Å²) in [6, 6.07) is 4.07. The van der Waals surface area contributed by atoms with Gasteiger partial charge in [-0.2, -0.15) is 0 Å². The minimum Gasteiger partial charge on any atom is -0.375 e. The number of pyridine rings is 1. The van der Waals surface area contributed by atoms with Crippen molar-refractivity contribution in [2.24, 2.45) is 4.99 Å². The summed E-state index contributed by atoms with van der Waals surface area (Å²) in [7, 11) is 0. The second kappa shape index (κ2) is 8.99. The number of guanidine groups is 1. The Morgan fingerprint density at radius 3 is 3.04 bits per heavy atom. The molecule has 0 aromatic carbocycles. The summed E-state index contributed by atoms with van der Waals surface area (Å²) in [6.07, 6.45) is 7.26. The summed E-state index contributed by atoms with van der Waals surface area (Å²) >= 11 is 0. The topological polar surface area (TPSA) is 59.0 Å². The van der Waals surface area contributed by atoms with Gasteiger partial charge in [-0.1, -0.05) is 6.07 Å². The zero-order valence-corrected chi connectivity index (χ0v) is 14.5. The van der Waals surface area contributed by atoms with E-state index in [9.17, 15) is 0 Å². The van der Waals surface area contributed by atoms with Crippen LogP contribution in [0.3, 0.4) is 0 Å². The minimum atomic E-state index is 0.156.